The molecular formula is C16H20N2. The average molecular weight is 240 g/mol. The highest BCUT2D eigenvalue weighted by molar-refractivity contribution is 5.85. The Morgan fingerprint density at radius 3 is 3.00 bits per heavy atom. The number of para-hydroxylation sites is 1. The fourth-order valence-electron chi connectivity index (χ4n) is 4.06. The zero-order chi connectivity index (χ0) is 12.3. The maximum Gasteiger partial charge on any atom is 0.0612 e. The van der Waals surface area contributed by atoms with Crippen LogP contribution < -0.4 is 0 Å². The second-order valence-corrected chi connectivity index (χ2v) is 6.10. The Labute approximate surface area is 108 Å². The lowest BCUT2D eigenvalue weighted by atomic mass is 9.80. The van der Waals surface area contributed by atoms with Crippen LogP contribution in [-0.4, -0.2) is 23.0 Å². The quantitative estimate of drug-likeness (QED) is 0.748. The van der Waals surface area contributed by atoms with Gasteiger partial charge in [0.2, 0.25) is 0 Å². The highest BCUT2D eigenvalue weighted by Gasteiger charge is 2.48. The molecule has 2 atom stereocenters. The summed E-state index contributed by atoms with van der Waals surface area (Å²) in [5.74, 6) is 0.740. The predicted octanol–water partition coefficient (Wildman–Crippen LogP) is 3.28. The summed E-state index contributed by atoms with van der Waals surface area (Å²) < 4.78 is 0. The number of aromatic amines is 1. The van der Waals surface area contributed by atoms with Crippen LogP contribution in [0, 0.1) is 5.92 Å². The summed E-state index contributed by atoms with van der Waals surface area (Å²) in [5, 5.41) is 1.44. The van der Waals surface area contributed by atoms with Crippen molar-refractivity contribution in [2.45, 2.75) is 32.2 Å². The molecule has 0 amide bonds. The van der Waals surface area contributed by atoms with Crippen molar-refractivity contribution in [2.75, 3.05) is 13.1 Å². The van der Waals surface area contributed by atoms with Crippen LogP contribution in [0.1, 0.15) is 31.5 Å². The van der Waals surface area contributed by atoms with E-state index in [4.69, 9.17) is 0 Å². The molecule has 0 aliphatic carbocycles. The summed E-state index contributed by atoms with van der Waals surface area (Å²) >= 11 is 0. The summed E-state index contributed by atoms with van der Waals surface area (Å²) in [6.45, 7) is 7.31. The molecule has 0 saturated carbocycles. The number of benzene rings is 1. The first-order valence-electron chi connectivity index (χ1n) is 7.06. The molecule has 1 N–H and O–H groups in total. The third kappa shape index (κ3) is 1.12. The molecule has 2 aliphatic rings. The molecular weight excluding hydrogens is 220 g/mol. The lowest BCUT2D eigenvalue weighted by molar-refractivity contribution is 0.108. The van der Waals surface area contributed by atoms with Gasteiger partial charge in [-0.2, -0.15) is 0 Å². The lowest BCUT2D eigenvalue weighted by Crippen LogP contribution is -2.46. The van der Waals surface area contributed by atoms with E-state index in [0.29, 0.717) is 0 Å². The number of nitrogens with one attached hydrogen (secondary N) is 1. The van der Waals surface area contributed by atoms with Gasteiger partial charge in [-0.25, -0.2) is 0 Å². The lowest BCUT2D eigenvalue weighted by Gasteiger charge is -2.42. The monoisotopic (exact) mass is 240 g/mol. The summed E-state index contributed by atoms with van der Waals surface area (Å²) in [6, 6.07) is 8.76. The molecule has 4 rings (SSSR count). The van der Waals surface area contributed by atoms with Crippen molar-refractivity contribution in [1.29, 1.82) is 0 Å². The van der Waals surface area contributed by atoms with Gasteiger partial charge in [-0.05, 0) is 43.9 Å². The van der Waals surface area contributed by atoms with Gasteiger partial charge < -0.3 is 4.98 Å². The van der Waals surface area contributed by atoms with Crippen molar-refractivity contribution in [3.8, 4) is 0 Å². The topological polar surface area (TPSA) is 19.0 Å². The Balaban J connectivity index is 2.01. The highest BCUT2D eigenvalue weighted by Crippen LogP contribution is 2.47. The maximum atomic E-state index is 3.72. The van der Waals surface area contributed by atoms with E-state index in [1.807, 2.05) is 0 Å². The van der Waals surface area contributed by atoms with Gasteiger partial charge in [0.05, 0.1) is 5.54 Å². The summed E-state index contributed by atoms with van der Waals surface area (Å²) in [7, 11) is 0. The number of hydrogen-bond acceptors (Lipinski definition) is 1. The first-order valence-corrected chi connectivity index (χ1v) is 7.06. The molecule has 3 heterocycles. The van der Waals surface area contributed by atoms with E-state index in [1.54, 1.807) is 5.56 Å². The number of aromatic nitrogens is 1. The van der Waals surface area contributed by atoms with E-state index < -0.39 is 0 Å². The van der Waals surface area contributed by atoms with Crippen LogP contribution in [0.25, 0.3) is 10.9 Å². The fraction of sp³-hybridized carbons (Fsp3) is 0.500. The SMILES string of the molecule is C[C@@H]1CCN2CCc3c([nH]c4ccccc34)[C@]12C. The van der Waals surface area contributed by atoms with Crippen LogP contribution in [0.4, 0.5) is 0 Å². The van der Waals surface area contributed by atoms with Crippen LogP contribution in [0.2, 0.25) is 0 Å². The zero-order valence-corrected chi connectivity index (χ0v) is 11.2. The minimum Gasteiger partial charge on any atom is -0.357 e. The number of hydrogen-bond donors (Lipinski definition) is 1. The van der Waals surface area contributed by atoms with Gasteiger partial charge in [0.25, 0.3) is 0 Å². The molecule has 0 spiro atoms. The van der Waals surface area contributed by atoms with Gasteiger partial charge in [-0.1, -0.05) is 25.1 Å². The first-order chi connectivity index (χ1) is 8.71. The molecule has 2 aliphatic heterocycles. The molecule has 0 bridgehead atoms. The van der Waals surface area contributed by atoms with Gasteiger partial charge >= 0.3 is 0 Å². The van der Waals surface area contributed by atoms with Gasteiger partial charge in [-0.3, -0.25) is 4.90 Å². The Hall–Kier alpha value is -1.28. The third-order valence-electron chi connectivity index (χ3n) is 5.40. The predicted molar refractivity (Wildman–Crippen MR) is 74.7 cm³/mol. The molecule has 2 nitrogen and oxygen atoms in total. The number of nitrogens with zero attached hydrogens (tertiary/aromatic N) is 1. The standard InChI is InChI=1S/C16H20N2/c1-11-7-9-18-10-8-13-12-5-3-4-6-14(12)17-15(13)16(11,18)2/h3-6,11,17H,7-10H2,1-2H3/t11-,16+/m1/s1. The van der Waals surface area contributed by atoms with Crippen LogP contribution in [0.3, 0.4) is 0 Å². The zero-order valence-electron chi connectivity index (χ0n) is 11.2. The molecule has 1 aromatic carbocycles. The second-order valence-electron chi connectivity index (χ2n) is 6.10. The Kier molecular flexibility index (Phi) is 2.00. The van der Waals surface area contributed by atoms with E-state index in [9.17, 15) is 0 Å². The molecule has 18 heavy (non-hydrogen) atoms. The fourth-order valence-corrected chi connectivity index (χ4v) is 4.06. The van der Waals surface area contributed by atoms with Crippen molar-refractivity contribution < 1.29 is 0 Å². The van der Waals surface area contributed by atoms with Gasteiger partial charge in [0, 0.05) is 23.1 Å². The van der Waals surface area contributed by atoms with Crippen molar-refractivity contribution >= 4 is 10.9 Å². The minimum atomic E-state index is 0.229. The molecule has 0 radical (unpaired) electrons. The smallest absolute Gasteiger partial charge is 0.0612 e. The van der Waals surface area contributed by atoms with Crippen molar-refractivity contribution in [1.82, 2.24) is 9.88 Å². The van der Waals surface area contributed by atoms with Crippen LogP contribution in [0.15, 0.2) is 24.3 Å². The van der Waals surface area contributed by atoms with E-state index in [0.717, 1.165) is 5.92 Å². The summed E-state index contributed by atoms with van der Waals surface area (Å²) in [6.07, 6.45) is 2.52. The molecule has 1 aromatic heterocycles. The van der Waals surface area contributed by atoms with Crippen LogP contribution in [0.5, 0.6) is 0 Å². The molecule has 2 heteroatoms. The van der Waals surface area contributed by atoms with Crippen molar-refractivity contribution in [3.05, 3.63) is 35.5 Å². The average Bonchev–Trinajstić information content (AvgIpc) is 2.90. The van der Waals surface area contributed by atoms with E-state index >= 15 is 0 Å². The Morgan fingerprint density at radius 1 is 1.28 bits per heavy atom. The molecule has 1 saturated heterocycles. The Morgan fingerprint density at radius 2 is 2.11 bits per heavy atom. The van der Waals surface area contributed by atoms with Crippen LogP contribution in [-0.2, 0) is 12.0 Å². The van der Waals surface area contributed by atoms with Crippen molar-refractivity contribution in [3.63, 3.8) is 0 Å². The van der Waals surface area contributed by atoms with E-state index in [1.165, 1.54) is 42.5 Å². The molecule has 94 valence electrons. The van der Waals surface area contributed by atoms with Crippen molar-refractivity contribution in [2.24, 2.45) is 5.92 Å². The van der Waals surface area contributed by atoms with Gasteiger partial charge in [0.1, 0.15) is 0 Å². The number of fused-ring (bicyclic) bond motifs is 5. The molecule has 2 aromatic rings. The minimum absolute atomic E-state index is 0.229. The second kappa shape index (κ2) is 3.39. The molecule has 1 fully saturated rings. The summed E-state index contributed by atoms with van der Waals surface area (Å²) in [4.78, 5) is 6.39. The third-order valence-corrected chi connectivity index (χ3v) is 5.40. The molecule has 0 unspecified atom stereocenters. The number of H-pyrrole nitrogens is 1. The largest absolute Gasteiger partial charge is 0.357 e. The van der Waals surface area contributed by atoms with Gasteiger partial charge in [0.15, 0.2) is 0 Å². The highest BCUT2D eigenvalue weighted by atomic mass is 15.2. The Bertz CT molecular complexity index is 613. The maximum absolute atomic E-state index is 3.72. The van der Waals surface area contributed by atoms with Gasteiger partial charge in [-0.15, -0.1) is 0 Å². The summed E-state index contributed by atoms with van der Waals surface area (Å²) in [5.41, 5.74) is 4.59. The van der Waals surface area contributed by atoms with E-state index in [-0.39, 0.29) is 5.54 Å². The van der Waals surface area contributed by atoms with E-state index in [2.05, 4.69) is 48.0 Å². The number of rotatable bonds is 0. The normalized spacial score (nSPS) is 31.6. The first kappa shape index (κ1) is 10.6. The van der Waals surface area contributed by atoms with Crippen LogP contribution >= 0.6 is 0 Å².